The van der Waals surface area contributed by atoms with Gasteiger partial charge in [0.05, 0.1) is 23.7 Å². The molecule has 1 N–H and O–H groups in total. The number of methoxy groups -OCH3 is 1. The molecule has 1 saturated heterocycles. The van der Waals surface area contributed by atoms with E-state index in [-0.39, 0.29) is 18.2 Å². The number of amides is 2. The monoisotopic (exact) mass is 435 g/mol. The van der Waals surface area contributed by atoms with Gasteiger partial charge in [0.15, 0.2) is 5.82 Å². The van der Waals surface area contributed by atoms with E-state index in [0.29, 0.717) is 31.3 Å². The van der Waals surface area contributed by atoms with Gasteiger partial charge in [-0.1, -0.05) is 11.6 Å². The summed E-state index contributed by atoms with van der Waals surface area (Å²) < 4.78 is 6.72. The number of pyridine rings is 1. The molecule has 8 nitrogen and oxygen atoms in total. The Morgan fingerprint density at radius 2 is 1.94 bits per heavy atom. The largest absolute Gasteiger partial charge is 0.383 e. The normalized spacial score (nSPS) is 16.2. The third-order valence-corrected chi connectivity index (χ3v) is 5.89. The molecule has 4 rings (SSSR count). The molecular weight excluding hydrogens is 406 g/mol. The minimum Gasteiger partial charge on any atom is -0.383 e. The number of fused-ring (bicyclic) bond motifs is 1. The Labute approximate surface area is 187 Å². The highest BCUT2D eigenvalue weighted by atomic mass is 16.5. The van der Waals surface area contributed by atoms with Crippen LogP contribution >= 0.6 is 0 Å². The summed E-state index contributed by atoms with van der Waals surface area (Å²) in [5.74, 6) is 0.577. The number of aryl methyl sites for hydroxylation is 4. The van der Waals surface area contributed by atoms with Gasteiger partial charge in [-0.25, -0.2) is 4.98 Å². The van der Waals surface area contributed by atoms with Crippen molar-refractivity contribution in [1.29, 1.82) is 0 Å². The van der Waals surface area contributed by atoms with Gasteiger partial charge in [0.25, 0.3) is 0 Å². The van der Waals surface area contributed by atoms with E-state index >= 15 is 0 Å². The predicted molar refractivity (Wildman–Crippen MR) is 123 cm³/mol. The standard InChI is InChI=1S/C24H29N5O3/c1-14-8-16(3)23-19(9-14)15(2)10-20(25-23)29-21(11-17(4)27-29)26-24(31)18-12-22(30)28(13-18)6-7-32-5/h8-11,18H,6-7,12-13H2,1-5H3,(H,26,31). The van der Waals surface area contributed by atoms with Crippen molar-refractivity contribution in [3.05, 3.63) is 46.6 Å². The van der Waals surface area contributed by atoms with Crippen LogP contribution in [0.2, 0.25) is 0 Å². The van der Waals surface area contributed by atoms with Gasteiger partial charge in [-0.05, 0) is 51.0 Å². The fraction of sp³-hybridized carbons (Fsp3) is 0.417. The molecule has 3 aromatic rings. The number of hydrogen-bond acceptors (Lipinski definition) is 5. The maximum Gasteiger partial charge on any atom is 0.230 e. The number of nitrogens with zero attached hydrogens (tertiary/aromatic N) is 4. The minimum atomic E-state index is -0.403. The van der Waals surface area contributed by atoms with E-state index in [2.05, 4.69) is 43.3 Å². The maximum absolute atomic E-state index is 13.0. The average molecular weight is 436 g/mol. The van der Waals surface area contributed by atoms with Crippen LogP contribution in [0, 0.1) is 33.6 Å². The van der Waals surface area contributed by atoms with Gasteiger partial charge in [0.1, 0.15) is 5.82 Å². The van der Waals surface area contributed by atoms with Crippen LogP contribution in [-0.4, -0.2) is 58.3 Å². The summed E-state index contributed by atoms with van der Waals surface area (Å²) in [5, 5.41) is 8.66. The third kappa shape index (κ3) is 4.23. The van der Waals surface area contributed by atoms with E-state index < -0.39 is 5.92 Å². The second kappa shape index (κ2) is 8.70. The molecule has 1 aliphatic rings. The molecule has 0 saturated carbocycles. The number of anilines is 1. The van der Waals surface area contributed by atoms with Crippen LogP contribution in [0.5, 0.6) is 0 Å². The number of rotatable bonds is 6. The minimum absolute atomic E-state index is 0.0236. The van der Waals surface area contributed by atoms with Crippen molar-refractivity contribution in [3.63, 3.8) is 0 Å². The lowest BCUT2D eigenvalue weighted by Crippen LogP contribution is -2.31. The summed E-state index contributed by atoms with van der Waals surface area (Å²) in [4.78, 5) is 31.7. The van der Waals surface area contributed by atoms with Crippen molar-refractivity contribution in [2.45, 2.75) is 34.1 Å². The highest BCUT2D eigenvalue weighted by Gasteiger charge is 2.34. The molecule has 1 aliphatic heterocycles. The molecule has 0 radical (unpaired) electrons. The summed E-state index contributed by atoms with van der Waals surface area (Å²) >= 11 is 0. The molecule has 1 aromatic carbocycles. The molecule has 1 unspecified atom stereocenters. The number of hydrogen-bond donors (Lipinski definition) is 1. The van der Waals surface area contributed by atoms with Gasteiger partial charge in [-0.3, -0.25) is 9.59 Å². The highest BCUT2D eigenvalue weighted by Crippen LogP contribution is 2.26. The SMILES string of the molecule is COCCN1CC(C(=O)Nc2cc(C)nn2-c2cc(C)c3cc(C)cc(C)c3n2)CC1=O. The summed E-state index contributed by atoms with van der Waals surface area (Å²) in [7, 11) is 1.60. The molecule has 3 heterocycles. The Morgan fingerprint density at radius 1 is 1.16 bits per heavy atom. The molecule has 0 aliphatic carbocycles. The van der Waals surface area contributed by atoms with Gasteiger partial charge >= 0.3 is 0 Å². The van der Waals surface area contributed by atoms with Gasteiger partial charge in [0, 0.05) is 38.1 Å². The summed E-state index contributed by atoms with van der Waals surface area (Å²) in [6.45, 7) is 9.41. The summed E-state index contributed by atoms with van der Waals surface area (Å²) in [5.41, 5.74) is 5.08. The molecule has 168 valence electrons. The first kappa shape index (κ1) is 22.0. The van der Waals surface area contributed by atoms with Crippen LogP contribution in [-0.2, 0) is 14.3 Å². The molecule has 0 spiro atoms. The van der Waals surface area contributed by atoms with Gasteiger partial charge in [-0.2, -0.15) is 9.78 Å². The van der Waals surface area contributed by atoms with E-state index in [1.807, 2.05) is 19.1 Å². The van der Waals surface area contributed by atoms with Crippen LogP contribution in [0.4, 0.5) is 5.82 Å². The Hall–Kier alpha value is -3.26. The zero-order chi connectivity index (χ0) is 23.0. The fourth-order valence-corrected chi connectivity index (χ4v) is 4.29. The number of nitrogens with one attached hydrogen (secondary N) is 1. The fourth-order valence-electron chi connectivity index (χ4n) is 4.29. The quantitative estimate of drug-likeness (QED) is 0.643. The number of ether oxygens (including phenoxy) is 1. The van der Waals surface area contributed by atoms with E-state index in [4.69, 9.17) is 9.72 Å². The Balaban J connectivity index is 1.61. The van der Waals surface area contributed by atoms with Crippen LogP contribution in [0.3, 0.4) is 0 Å². The van der Waals surface area contributed by atoms with Crippen LogP contribution < -0.4 is 5.32 Å². The summed E-state index contributed by atoms with van der Waals surface area (Å²) in [6.07, 6.45) is 0.203. The van der Waals surface area contributed by atoms with Crippen molar-refractivity contribution in [3.8, 4) is 5.82 Å². The Morgan fingerprint density at radius 3 is 2.69 bits per heavy atom. The lowest BCUT2D eigenvalue weighted by molar-refractivity contribution is -0.128. The van der Waals surface area contributed by atoms with Crippen molar-refractivity contribution < 1.29 is 14.3 Å². The zero-order valence-corrected chi connectivity index (χ0v) is 19.2. The molecule has 2 amide bonds. The lowest BCUT2D eigenvalue weighted by atomic mass is 10.0. The van der Waals surface area contributed by atoms with E-state index in [1.54, 1.807) is 16.7 Å². The predicted octanol–water partition coefficient (Wildman–Crippen LogP) is 3.09. The average Bonchev–Trinajstić information content (AvgIpc) is 3.29. The van der Waals surface area contributed by atoms with Crippen LogP contribution in [0.15, 0.2) is 24.3 Å². The Bertz CT molecular complexity index is 1200. The first-order chi connectivity index (χ1) is 15.3. The van der Waals surface area contributed by atoms with E-state index in [9.17, 15) is 9.59 Å². The van der Waals surface area contributed by atoms with Crippen molar-refractivity contribution in [2.24, 2.45) is 5.92 Å². The molecular formula is C24H29N5O3. The third-order valence-electron chi connectivity index (χ3n) is 5.89. The van der Waals surface area contributed by atoms with Crippen molar-refractivity contribution in [1.82, 2.24) is 19.7 Å². The van der Waals surface area contributed by atoms with E-state index in [0.717, 1.165) is 27.7 Å². The number of carbonyl (C=O) groups is 2. The number of likely N-dealkylation sites (tertiary alicyclic amines) is 1. The number of carbonyl (C=O) groups excluding carboxylic acids is 2. The maximum atomic E-state index is 13.0. The number of benzene rings is 1. The van der Waals surface area contributed by atoms with Gasteiger partial charge in [0.2, 0.25) is 11.8 Å². The second-order valence-electron chi connectivity index (χ2n) is 8.58. The lowest BCUT2D eigenvalue weighted by Gasteiger charge is -2.16. The molecule has 1 fully saturated rings. The van der Waals surface area contributed by atoms with Crippen LogP contribution in [0.25, 0.3) is 16.7 Å². The molecule has 1 atom stereocenters. The molecule has 2 aromatic heterocycles. The van der Waals surface area contributed by atoms with E-state index in [1.165, 1.54) is 5.56 Å². The first-order valence-corrected chi connectivity index (χ1v) is 10.8. The molecule has 8 heteroatoms. The second-order valence-corrected chi connectivity index (χ2v) is 8.58. The molecule has 32 heavy (non-hydrogen) atoms. The number of aromatic nitrogens is 3. The van der Waals surface area contributed by atoms with Crippen molar-refractivity contribution in [2.75, 3.05) is 32.1 Å². The van der Waals surface area contributed by atoms with Gasteiger partial charge in [-0.15, -0.1) is 0 Å². The first-order valence-electron chi connectivity index (χ1n) is 10.8. The summed E-state index contributed by atoms with van der Waals surface area (Å²) in [6, 6.07) is 8.05. The van der Waals surface area contributed by atoms with Gasteiger partial charge < -0.3 is 15.0 Å². The Kier molecular flexibility index (Phi) is 5.97. The van der Waals surface area contributed by atoms with Crippen molar-refractivity contribution >= 4 is 28.5 Å². The zero-order valence-electron chi connectivity index (χ0n) is 19.2. The van der Waals surface area contributed by atoms with Crippen LogP contribution in [0.1, 0.15) is 28.8 Å². The highest BCUT2D eigenvalue weighted by molar-refractivity contribution is 5.97. The molecule has 0 bridgehead atoms. The smallest absolute Gasteiger partial charge is 0.230 e. The topological polar surface area (TPSA) is 89.3 Å².